The normalized spacial score (nSPS) is 21.6. The van der Waals surface area contributed by atoms with Crippen LogP contribution in [-0.2, 0) is 27.3 Å². The summed E-state index contributed by atoms with van der Waals surface area (Å²) in [6, 6.07) is 8.23. The number of likely N-dealkylation sites (tertiary alicyclic amines) is 1. The molecule has 2 N–H and O–H groups in total. The van der Waals surface area contributed by atoms with Crippen molar-refractivity contribution in [3.05, 3.63) is 71.5 Å². The van der Waals surface area contributed by atoms with Crippen LogP contribution in [0.4, 0.5) is 0 Å². The maximum Gasteiger partial charge on any atom is 0.295 e. The molecule has 0 unspecified atom stereocenters. The summed E-state index contributed by atoms with van der Waals surface area (Å²) in [5, 5.41) is 0. The Bertz CT molecular complexity index is 862. The Balaban J connectivity index is 1.72. The monoisotopic (exact) mass is 395 g/mol. The minimum Gasteiger partial charge on any atom is -0.460 e. The van der Waals surface area contributed by atoms with Crippen molar-refractivity contribution in [1.82, 2.24) is 4.90 Å². The lowest BCUT2D eigenvalue weighted by Gasteiger charge is -2.43. The smallest absolute Gasteiger partial charge is 0.295 e. The highest BCUT2D eigenvalue weighted by Gasteiger charge is 2.39. The SMILES string of the molecule is C=C(/C(C)=C\C=C/N)C1(OC)CCN(/C2=N/C(=O)Cc3ccccc3CO2)CC1. The maximum absolute atomic E-state index is 12.4. The maximum atomic E-state index is 12.4. The van der Waals surface area contributed by atoms with E-state index in [2.05, 4.69) is 11.6 Å². The van der Waals surface area contributed by atoms with Crippen molar-refractivity contribution in [2.24, 2.45) is 10.7 Å². The van der Waals surface area contributed by atoms with Crippen molar-refractivity contribution in [3.8, 4) is 0 Å². The Morgan fingerprint density at radius 1 is 1.31 bits per heavy atom. The molecule has 2 heterocycles. The van der Waals surface area contributed by atoms with Gasteiger partial charge in [-0.05, 0) is 54.3 Å². The first-order valence-electron chi connectivity index (χ1n) is 9.85. The number of nitrogens with zero attached hydrogens (tertiary/aromatic N) is 2. The second-order valence-electron chi connectivity index (χ2n) is 7.42. The minimum absolute atomic E-state index is 0.188. The van der Waals surface area contributed by atoms with Crippen LogP contribution in [0.5, 0.6) is 0 Å². The summed E-state index contributed by atoms with van der Waals surface area (Å²) in [4.78, 5) is 18.6. The van der Waals surface area contributed by atoms with E-state index in [1.165, 1.54) is 6.20 Å². The molecule has 6 heteroatoms. The number of rotatable bonds is 4. The predicted octanol–water partition coefficient (Wildman–Crippen LogP) is 3.10. The molecule has 6 nitrogen and oxygen atoms in total. The van der Waals surface area contributed by atoms with E-state index in [1.54, 1.807) is 13.2 Å². The van der Waals surface area contributed by atoms with E-state index in [4.69, 9.17) is 15.2 Å². The Kier molecular flexibility index (Phi) is 6.54. The lowest BCUT2D eigenvalue weighted by Crippen LogP contribution is -2.49. The van der Waals surface area contributed by atoms with Gasteiger partial charge in [0.2, 0.25) is 0 Å². The average molecular weight is 396 g/mol. The second kappa shape index (κ2) is 9.09. The first-order chi connectivity index (χ1) is 14.0. The van der Waals surface area contributed by atoms with Crippen LogP contribution >= 0.6 is 0 Å². The Hall–Kier alpha value is -2.86. The van der Waals surface area contributed by atoms with Crippen LogP contribution in [-0.4, -0.2) is 42.6 Å². The second-order valence-corrected chi connectivity index (χ2v) is 7.42. The third kappa shape index (κ3) is 4.59. The van der Waals surface area contributed by atoms with Gasteiger partial charge in [0.05, 0.1) is 12.0 Å². The fourth-order valence-electron chi connectivity index (χ4n) is 3.86. The molecular weight excluding hydrogens is 366 g/mol. The zero-order valence-electron chi connectivity index (χ0n) is 17.2. The molecule has 2 aliphatic rings. The summed E-state index contributed by atoms with van der Waals surface area (Å²) in [7, 11) is 1.72. The average Bonchev–Trinajstić information content (AvgIpc) is 2.74. The van der Waals surface area contributed by atoms with Crippen LogP contribution < -0.4 is 5.73 Å². The van der Waals surface area contributed by atoms with Gasteiger partial charge in [0.15, 0.2) is 0 Å². The molecule has 0 saturated carbocycles. The molecule has 0 bridgehead atoms. The van der Waals surface area contributed by atoms with E-state index in [0.29, 0.717) is 32.1 Å². The molecule has 0 radical (unpaired) electrons. The summed E-state index contributed by atoms with van der Waals surface area (Å²) in [5.41, 5.74) is 8.98. The fourth-order valence-corrected chi connectivity index (χ4v) is 3.86. The van der Waals surface area contributed by atoms with Crippen molar-refractivity contribution in [2.45, 2.75) is 38.4 Å². The van der Waals surface area contributed by atoms with Gasteiger partial charge in [-0.25, -0.2) is 0 Å². The number of piperidine rings is 1. The lowest BCUT2D eigenvalue weighted by molar-refractivity contribution is -0.117. The highest BCUT2D eigenvalue weighted by atomic mass is 16.5. The summed E-state index contributed by atoms with van der Waals surface area (Å²) in [6.07, 6.45) is 6.99. The summed E-state index contributed by atoms with van der Waals surface area (Å²) in [6.45, 7) is 8.03. The number of amides is 1. The van der Waals surface area contributed by atoms with Crippen molar-refractivity contribution in [2.75, 3.05) is 20.2 Å². The molecule has 1 saturated heterocycles. The number of fused-ring (bicyclic) bond motifs is 1. The van der Waals surface area contributed by atoms with E-state index in [0.717, 1.165) is 35.1 Å². The highest BCUT2D eigenvalue weighted by molar-refractivity contribution is 5.92. The molecule has 2 aliphatic heterocycles. The zero-order valence-corrected chi connectivity index (χ0v) is 17.2. The molecule has 1 aromatic carbocycles. The number of hydrogen-bond acceptors (Lipinski definition) is 5. The highest BCUT2D eigenvalue weighted by Crippen LogP contribution is 2.36. The van der Waals surface area contributed by atoms with Crippen LogP contribution in [0.2, 0.25) is 0 Å². The Labute approximate surface area is 172 Å². The molecule has 3 rings (SSSR count). The van der Waals surface area contributed by atoms with Crippen molar-refractivity contribution >= 4 is 11.9 Å². The standard InChI is InChI=1S/C23H29N3O3/c1-17(7-6-12-24)18(2)23(28-3)10-13-26(14-11-23)22-25-21(27)15-19-8-4-5-9-20(19)16-29-22/h4-9,12H,2,10-11,13-16,24H2,1,3H3/b12-6-,17-7-,25-22-. The number of amidine groups is 1. The quantitative estimate of drug-likeness (QED) is 0.793. The van der Waals surface area contributed by atoms with Gasteiger partial charge < -0.3 is 20.1 Å². The first-order valence-corrected chi connectivity index (χ1v) is 9.85. The number of hydrogen-bond donors (Lipinski definition) is 1. The van der Waals surface area contributed by atoms with Crippen molar-refractivity contribution in [1.29, 1.82) is 0 Å². The van der Waals surface area contributed by atoms with Crippen LogP contribution in [0.25, 0.3) is 0 Å². The van der Waals surface area contributed by atoms with Crippen LogP contribution in [0.3, 0.4) is 0 Å². The number of ether oxygens (including phenoxy) is 2. The van der Waals surface area contributed by atoms with Crippen LogP contribution in [0.1, 0.15) is 30.9 Å². The van der Waals surface area contributed by atoms with Crippen LogP contribution in [0, 0.1) is 0 Å². The number of allylic oxidation sites excluding steroid dienone is 2. The topological polar surface area (TPSA) is 77.2 Å². The fraction of sp³-hybridized carbons (Fsp3) is 0.391. The molecule has 0 aliphatic carbocycles. The Morgan fingerprint density at radius 3 is 2.66 bits per heavy atom. The van der Waals surface area contributed by atoms with Gasteiger partial charge >= 0.3 is 0 Å². The molecule has 154 valence electrons. The van der Waals surface area contributed by atoms with Gasteiger partial charge in [0.25, 0.3) is 11.9 Å². The zero-order chi connectivity index (χ0) is 20.9. The molecule has 0 atom stereocenters. The molecule has 1 fully saturated rings. The van der Waals surface area contributed by atoms with Gasteiger partial charge in [-0.15, -0.1) is 0 Å². The molecule has 0 spiro atoms. The van der Waals surface area contributed by atoms with Gasteiger partial charge in [-0.1, -0.05) is 36.9 Å². The number of nitrogens with two attached hydrogens (primary N) is 1. The third-order valence-corrected chi connectivity index (χ3v) is 5.75. The largest absolute Gasteiger partial charge is 0.460 e. The third-order valence-electron chi connectivity index (χ3n) is 5.75. The molecular formula is C23H29N3O3. The van der Waals surface area contributed by atoms with Gasteiger partial charge in [-0.2, -0.15) is 4.99 Å². The molecule has 0 aromatic heterocycles. The number of carbonyl (C=O) groups is 1. The number of benzene rings is 1. The summed E-state index contributed by atoms with van der Waals surface area (Å²) >= 11 is 0. The predicted molar refractivity (Wildman–Crippen MR) is 114 cm³/mol. The van der Waals surface area contributed by atoms with E-state index < -0.39 is 5.60 Å². The van der Waals surface area contributed by atoms with Crippen LogP contribution in [0.15, 0.2) is 65.3 Å². The van der Waals surface area contributed by atoms with Gasteiger partial charge in [-0.3, -0.25) is 4.79 Å². The van der Waals surface area contributed by atoms with Gasteiger partial charge in [0.1, 0.15) is 6.61 Å². The van der Waals surface area contributed by atoms with E-state index in [-0.39, 0.29) is 5.91 Å². The number of methoxy groups -OCH3 is 1. The van der Waals surface area contributed by atoms with Gasteiger partial charge in [0, 0.05) is 20.2 Å². The minimum atomic E-state index is -0.446. The Morgan fingerprint density at radius 2 is 2.00 bits per heavy atom. The summed E-state index contributed by atoms with van der Waals surface area (Å²) in [5.74, 6) is -0.188. The molecule has 1 aromatic rings. The van der Waals surface area contributed by atoms with E-state index >= 15 is 0 Å². The number of aliphatic imine (C=N–C) groups is 1. The van der Waals surface area contributed by atoms with Crippen molar-refractivity contribution < 1.29 is 14.3 Å². The first kappa shape index (κ1) is 20.9. The van der Waals surface area contributed by atoms with E-state index in [1.807, 2.05) is 42.2 Å². The number of carbonyl (C=O) groups excluding carboxylic acids is 1. The molecule has 1 amide bonds. The lowest BCUT2D eigenvalue weighted by atomic mass is 9.81. The molecule has 29 heavy (non-hydrogen) atoms. The summed E-state index contributed by atoms with van der Waals surface area (Å²) < 4.78 is 11.9. The van der Waals surface area contributed by atoms with Crippen molar-refractivity contribution in [3.63, 3.8) is 0 Å². The van der Waals surface area contributed by atoms with E-state index in [9.17, 15) is 4.79 Å².